The smallest absolute Gasteiger partial charge is 0.328 e. The van der Waals surface area contributed by atoms with Crippen molar-refractivity contribution in [3.8, 4) is 0 Å². The van der Waals surface area contributed by atoms with E-state index in [9.17, 15) is 9.59 Å². The maximum Gasteiger partial charge on any atom is 0.328 e. The first-order valence-electron chi connectivity index (χ1n) is 7.69. The maximum absolute atomic E-state index is 12.1. The van der Waals surface area contributed by atoms with Gasteiger partial charge in [-0.3, -0.25) is 4.79 Å². The SMILES string of the molecule is CCOC(=O)[C@H](Cc1ccccc1)NC(=O)/C=C\c1csc(C)n1. The molecule has 1 aromatic heterocycles. The van der Waals surface area contributed by atoms with Crippen LogP contribution in [0, 0.1) is 6.92 Å². The van der Waals surface area contributed by atoms with E-state index in [2.05, 4.69) is 10.3 Å². The molecule has 1 aromatic carbocycles. The molecule has 0 radical (unpaired) electrons. The van der Waals surface area contributed by atoms with Crippen LogP contribution in [0.3, 0.4) is 0 Å². The van der Waals surface area contributed by atoms with E-state index in [1.807, 2.05) is 42.6 Å². The Morgan fingerprint density at radius 1 is 1.33 bits per heavy atom. The van der Waals surface area contributed by atoms with E-state index >= 15 is 0 Å². The lowest BCUT2D eigenvalue weighted by molar-refractivity contribution is -0.146. The molecule has 1 heterocycles. The predicted molar refractivity (Wildman–Crippen MR) is 94.6 cm³/mol. The van der Waals surface area contributed by atoms with E-state index in [0.717, 1.165) is 16.3 Å². The van der Waals surface area contributed by atoms with Crippen molar-refractivity contribution in [3.05, 3.63) is 58.1 Å². The van der Waals surface area contributed by atoms with Crippen LogP contribution in [0.2, 0.25) is 0 Å². The van der Waals surface area contributed by atoms with Crippen LogP contribution in [0.4, 0.5) is 0 Å². The molecule has 1 atom stereocenters. The van der Waals surface area contributed by atoms with Gasteiger partial charge in [0.15, 0.2) is 0 Å². The fourth-order valence-electron chi connectivity index (χ4n) is 2.12. The first kappa shape index (κ1) is 17.9. The third-order valence-corrected chi connectivity index (χ3v) is 4.00. The van der Waals surface area contributed by atoms with Gasteiger partial charge in [-0.05, 0) is 25.5 Å². The molecule has 0 fully saturated rings. The lowest BCUT2D eigenvalue weighted by Gasteiger charge is -2.16. The summed E-state index contributed by atoms with van der Waals surface area (Å²) in [4.78, 5) is 28.4. The highest BCUT2D eigenvalue weighted by molar-refractivity contribution is 7.09. The van der Waals surface area contributed by atoms with Crippen LogP contribution in [-0.4, -0.2) is 29.5 Å². The summed E-state index contributed by atoms with van der Waals surface area (Å²) >= 11 is 1.52. The van der Waals surface area contributed by atoms with Gasteiger partial charge in [0.1, 0.15) is 6.04 Å². The summed E-state index contributed by atoms with van der Waals surface area (Å²) in [5.41, 5.74) is 1.68. The summed E-state index contributed by atoms with van der Waals surface area (Å²) in [6, 6.07) is 8.79. The van der Waals surface area contributed by atoms with Crippen molar-refractivity contribution >= 4 is 29.3 Å². The Morgan fingerprint density at radius 3 is 2.71 bits per heavy atom. The van der Waals surface area contributed by atoms with Crippen molar-refractivity contribution in [2.75, 3.05) is 6.61 Å². The Balaban J connectivity index is 2.02. The minimum Gasteiger partial charge on any atom is -0.464 e. The highest BCUT2D eigenvalue weighted by Crippen LogP contribution is 2.09. The van der Waals surface area contributed by atoms with E-state index in [4.69, 9.17) is 4.74 Å². The second-order valence-corrected chi connectivity index (χ2v) is 6.19. The molecule has 0 saturated heterocycles. The molecule has 126 valence electrons. The molecule has 6 heteroatoms. The number of thiazole rings is 1. The molecule has 24 heavy (non-hydrogen) atoms. The number of amides is 1. The van der Waals surface area contributed by atoms with Gasteiger partial charge in [-0.1, -0.05) is 30.3 Å². The van der Waals surface area contributed by atoms with Gasteiger partial charge in [0, 0.05) is 17.9 Å². The summed E-state index contributed by atoms with van der Waals surface area (Å²) in [5, 5.41) is 5.50. The monoisotopic (exact) mass is 344 g/mol. The molecule has 0 bridgehead atoms. The van der Waals surface area contributed by atoms with Crippen molar-refractivity contribution in [1.29, 1.82) is 0 Å². The number of benzene rings is 1. The van der Waals surface area contributed by atoms with Gasteiger partial charge in [0.2, 0.25) is 5.91 Å². The zero-order valence-corrected chi connectivity index (χ0v) is 14.5. The first-order chi connectivity index (χ1) is 11.6. The van der Waals surface area contributed by atoms with Crippen molar-refractivity contribution in [3.63, 3.8) is 0 Å². The lowest BCUT2D eigenvalue weighted by atomic mass is 10.1. The Kier molecular flexibility index (Phi) is 6.69. The van der Waals surface area contributed by atoms with Crippen LogP contribution in [0.5, 0.6) is 0 Å². The van der Waals surface area contributed by atoms with Gasteiger partial charge >= 0.3 is 5.97 Å². The number of carbonyl (C=O) groups is 2. The minimum atomic E-state index is -0.721. The number of esters is 1. The molecule has 2 rings (SSSR count). The van der Waals surface area contributed by atoms with Crippen LogP contribution >= 0.6 is 11.3 Å². The molecule has 1 amide bonds. The molecule has 0 saturated carbocycles. The standard InChI is InChI=1S/C18H20N2O3S/c1-3-23-18(22)16(11-14-7-5-4-6-8-14)20-17(21)10-9-15-12-24-13(2)19-15/h4-10,12,16H,3,11H2,1-2H3,(H,20,21)/b10-9-/t16-/m0/s1. The summed E-state index contributed by atoms with van der Waals surface area (Å²) in [7, 11) is 0. The van der Waals surface area contributed by atoms with E-state index in [-0.39, 0.29) is 12.5 Å². The molecule has 0 aliphatic carbocycles. The summed E-state index contributed by atoms with van der Waals surface area (Å²) in [6.45, 7) is 3.91. The molecule has 0 aliphatic rings. The highest BCUT2D eigenvalue weighted by Gasteiger charge is 2.21. The Labute approximate surface area is 145 Å². The van der Waals surface area contributed by atoms with Crippen LogP contribution in [0.1, 0.15) is 23.2 Å². The Bertz CT molecular complexity index is 710. The van der Waals surface area contributed by atoms with Gasteiger partial charge in [-0.15, -0.1) is 11.3 Å². The number of nitrogens with one attached hydrogen (secondary N) is 1. The number of rotatable bonds is 7. The molecule has 2 aromatic rings. The molecule has 1 N–H and O–H groups in total. The minimum absolute atomic E-state index is 0.272. The highest BCUT2D eigenvalue weighted by atomic mass is 32.1. The summed E-state index contributed by atoms with van der Waals surface area (Å²) in [5.74, 6) is -0.790. The summed E-state index contributed by atoms with van der Waals surface area (Å²) < 4.78 is 5.05. The van der Waals surface area contributed by atoms with Crippen molar-refractivity contribution < 1.29 is 14.3 Å². The van der Waals surface area contributed by atoms with Crippen molar-refractivity contribution in [1.82, 2.24) is 10.3 Å². The Hall–Kier alpha value is -2.47. The number of ether oxygens (including phenoxy) is 1. The normalized spacial score (nSPS) is 12.1. The second-order valence-electron chi connectivity index (χ2n) is 5.13. The molecule has 0 spiro atoms. The fourth-order valence-corrected chi connectivity index (χ4v) is 2.70. The molecule has 0 unspecified atom stereocenters. The topological polar surface area (TPSA) is 68.3 Å². The van der Waals surface area contributed by atoms with Gasteiger partial charge in [0.05, 0.1) is 17.3 Å². The zero-order chi connectivity index (χ0) is 17.4. The van der Waals surface area contributed by atoms with Gasteiger partial charge in [-0.25, -0.2) is 9.78 Å². The number of aryl methyl sites for hydroxylation is 1. The van der Waals surface area contributed by atoms with E-state index in [1.165, 1.54) is 17.4 Å². The third-order valence-electron chi connectivity index (χ3n) is 3.21. The molecular formula is C18H20N2O3S. The Morgan fingerprint density at radius 2 is 2.08 bits per heavy atom. The molecule has 0 aliphatic heterocycles. The maximum atomic E-state index is 12.1. The fraction of sp³-hybridized carbons (Fsp3) is 0.278. The van der Waals surface area contributed by atoms with Crippen LogP contribution in [0.25, 0.3) is 6.08 Å². The largest absolute Gasteiger partial charge is 0.464 e. The number of hydrogen-bond donors (Lipinski definition) is 1. The number of carbonyl (C=O) groups excluding carboxylic acids is 2. The first-order valence-corrected chi connectivity index (χ1v) is 8.57. The number of nitrogens with zero attached hydrogens (tertiary/aromatic N) is 1. The lowest BCUT2D eigenvalue weighted by Crippen LogP contribution is -2.42. The molecule has 5 nitrogen and oxygen atoms in total. The van der Waals surface area contributed by atoms with E-state index in [1.54, 1.807) is 13.0 Å². The van der Waals surface area contributed by atoms with E-state index < -0.39 is 12.0 Å². The zero-order valence-electron chi connectivity index (χ0n) is 13.7. The van der Waals surface area contributed by atoms with Crippen LogP contribution < -0.4 is 5.32 Å². The third kappa shape index (κ3) is 5.62. The van der Waals surface area contributed by atoms with Gasteiger partial charge < -0.3 is 10.1 Å². The average Bonchev–Trinajstić information content (AvgIpc) is 2.99. The average molecular weight is 344 g/mol. The summed E-state index contributed by atoms with van der Waals surface area (Å²) in [6.07, 6.45) is 3.39. The quantitative estimate of drug-likeness (QED) is 0.619. The van der Waals surface area contributed by atoms with Gasteiger partial charge in [-0.2, -0.15) is 0 Å². The van der Waals surface area contributed by atoms with Crippen LogP contribution in [0.15, 0.2) is 41.8 Å². The van der Waals surface area contributed by atoms with Crippen molar-refractivity contribution in [2.24, 2.45) is 0 Å². The number of aromatic nitrogens is 1. The predicted octanol–water partition coefficient (Wildman–Crippen LogP) is 2.76. The van der Waals surface area contributed by atoms with Crippen LogP contribution in [-0.2, 0) is 20.7 Å². The van der Waals surface area contributed by atoms with E-state index in [0.29, 0.717) is 6.42 Å². The molecular weight excluding hydrogens is 324 g/mol. The van der Waals surface area contributed by atoms with Crippen molar-refractivity contribution in [2.45, 2.75) is 26.3 Å². The number of hydrogen-bond acceptors (Lipinski definition) is 5. The second kappa shape index (κ2) is 8.98. The van der Waals surface area contributed by atoms with Gasteiger partial charge in [0.25, 0.3) is 0 Å².